The number of methoxy groups -OCH3 is 1. The van der Waals surface area contributed by atoms with Crippen LogP contribution in [0.25, 0.3) is 10.8 Å². The molecule has 0 saturated carbocycles. The van der Waals surface area contributed by atoms with Gasteiger partial charge >= 0.3 is 5.97 Å². The SMILES string of the molecule is COC(=O)[C@H](NC(=O)c1ccc[nH]1)c1ccc2ccccc2c1. The van der Waals surface area contributed by atoms with Crippen LogP contribution in [0.1, 0.15) is 22.1 Å². The zero-order valence-electron chi connectivity index (χ0n) is 12.6. The lowest BCUT2D eigenvalue weighted by Crippen LogP contribution is -2.34. The van der Waals surface area contributed by atoms with Crippen molar-refractivity contribution in [3.63, 3.8) is 0 Å². The van der Waals surface area contributed by atoms with Crippen molar-refractivity contribution in [1.29, 1.82) is 0 Å². The fourth-order valence-electron chi connectivity index (χ4n) is 2.46. The van der Waals surface area contributed by atoms with Crippen LogP contribution in [0, 0.1) is 0 Å². The predicted octanol–water partition coefficient (Wildman–Crippen LogP) is 2.81. The first-order chi connectivity index (χ1) is 11.2. The second-order valence-electron chi connectivity index (χ2n) is 5.12. The van der Waals surface area contributed by atoms with Crippen molar-refractivity contribution < 1.29 is 14.3 Å². The molecule has 23 heavy (non-hydrogen) atoms. The first-order valence-electron chi connectivity index (χ1n) is 7.20. The number of carbonyl (C=O) groups is 2. The van der Waals surface area contributed by atoms with Crippen LogP contribution in [0.4, 0.5) is 0 Å². The predicted molar refractivity (Wildman–Crippen MR) is 87.0 cm³/mol. The molecule has 0 bridgehead atoms. The molecule has 1 atom stereocenters. The topological polar surface area (TPSA) is 71.2 Å². The molecule has 0 spiro atoms. The van der Waals surface area contributed by atoms with E-state index in [2.05, 4.69) is 10.3 Å². The second-order valence-corrected chi connectivity index (χ2v) is 5.12. The molecular weight excluding hydrogens is 292 g/mol. The molecule has 5 heteroatoms. The molecule has 0 saturated heterocycles. The van der Waals surface area contributed by atoms with Crippen molar-refractivity contribution in [2.75, 3.05) is 7.11 Å². The third kappa shape index (κ3) is 3.08. The maximum Gasteiger partial charge on any atom is 0.333 e. The number of hydrogen-bond donors (Lipinski definition) is 2. The van der Waals surface area contributed by atoms with Gasteiger partial charge in [-0.05, 0) is 34.5 Å². The molecule has 2 N–H and O–H groups in total. The maximum absolute atomic E-state index is 12.2. The van der Waals surface area contributed by atoms with E-state index >= 15 is 0 Å². The molecule has 1 aromatic heterocycles. The van der Waals surface area contributed by atoms with Crippen molar-refractivity contribution in [2.45, 2.75) is 6.04 Å². The number of benzene rings is 2. The second kappa shape index (κ2) is 6.36. The van der Waals surface area contributed by atoms with Gasteiger partial charge in [0.25, 0.3) is 5.91 Å². The number of hydrogen-bond acceptors (Lipinski definition) is 3. The molecule has 0 unspecified atom stereocenters. The Hall–Kier alpha value is -3.08. The van der Waals surface area contributed by atoms with Crippen LogP contribution >= 0.6 is 0 Å². The van der Waals surface area contributed by atoms with Gasteiger partial charge in [0, 0.05) is 6.20 Å². The van der Waals surface area contributed by atoms with Crippen molar-refractivity contribution in [2.24, 2.45) is 0 Å². The first kappa shape index (κ1) is 14.8. The van der Waals surface area contributed by atoms with Gasteiger partial charge in [0.2, 0.25) is 0 Å². The highest BCUT2D eigenvalue weighted by Gasteiger charge is 2.24. The van der Waals surface area contributed by atoms with E-state index in [0.29, 0.717) is 11.3 Å². The molecule has 0 aliphatic rings. The van der Waals surface area contributed by atoms with Crippen LogP contribution in [-0.4, -0.2) is 24.0 Å². The van der Waals surface area contributed by atoms with Gasteiger partial charge in [-0.25, -0.2) is 4.79 Å². The maximum atomic E-state index is 12.2. The minimum absolute atomic E-state index is 0.362. The number of H-pyrrole nitrogens is 1. The van der Waals surface area contributed by atoms with Gasteiger partial charge in [-0.1, -0.05) is 36.4 Å². The molecule has 116 valence electrons. The summed E-state index contributed by atoms with van der Waals surface area (Å²) in [6.45, 7) is 0. The number of aromatic amines is 1. The van der Waals surface area contributed by atoms with E-state index in [1.165, 1.54) is 7.11 Å². The summed E-state index contributed by atoms with van der Waals surface area (Å²) in [6, 6.07) is 15.9. The van der Waals surface area contributed by atoms with E-state index < -0.39 is 12.0 Å². The Morgan fingerprint density at radius 3 is 2.52 bits per heavy atom. The molecule has 2 aromatic carbocycles. The highest BCUT2D eigenvalue weighted by Crippen LogP contribution is 2.21. The number of esters is 1. The highest BCUT2D eigenvalue weighted by atomic mass is 16.5. The van der Waals surface area contributed by atoms with Crippen molar-refractivity contribution in [1.82, 2.24) is 10.3 Å². The first-order valence-corrected chi connectivity index (χ1v) is 7.20. The van der Waals surface area contributed by atoms with Crippen LogP contribution in [0.5, 0.6) is 0 Å². The molecule has 0 aliphatic carbocycles. The Morgan fingerprint density at radius 2 is 1.83 bits per heavy atom. The summed E-state index contributed by atoms with van der Waals surface area (Å²) in [5.74, 6) is -0.876. The molecule has 1 amide bonds. The van der Waals surface area contributed by atoms with E-state index in [-0.39, 0.29) is 5.91 Å². The largest absolute Gasteiger partial charge is 0.467 e. The van der Waals surface area contributed by atoms with Crippen LogP contribution in [0.15, 0.2) is 60.8 Å². The van der Waals surface area contributed by atoms with Gasteiger partial charge in [0.1, 0.15) is 5.69 Å². The standard InChI is InChI=1S/C18H16N2O3/c1-23-18(22)16(20-17(21)15-7-4-10-19-15)14-9-8-12-5-2-3-6-13(12)11-14/h2-11,16,19H,1H3,(H,20,21)/t16-/m1/s1. The van der Waals surface area contributed by atoms with Gasteiger partial charge in [-0.15, -0.1) is 0 Å². The van der Waals surface area contributed by atoms with E-state index in [4.69, 9.17) is 4.74 Å². The van der Waals surface area contributed by atoms with Gasteiger partial charge in [0.15, 0.2) is 6.04 Å². The fraction of sp³-hybridized carbons (Fsp3) is 0.111. The Balaban J connectivity index is 1.94. The zero-order chi connectivity index (χ0) is 16.2. The highest BCUT2D eigenvalue weighted by molar-refractivity contribution is 5.96. The smallest absolute Gasteiger partial charge is 0.333 e. The Kier molecular flexibility index (Phi) is 4.10. The Labute approximate surface area is 133 Å². The monoisotopic (exact) mass is 308 g/mol. The van der Waals surface area contributed by atoms with Gasteiger partial charge in [-0.2, -0.15) is 0 Å². The quantitative estimate of drug-likeness (QED) is 0.728. The zero-order valence-corrected chi connectivity index (χ0v) is 12.6. The summed E-state index contributed by atoms with van der Waals surface area (Å²) in [5.41, 5.74) is 1.06. The molecule has 3 aromatic rings. The van der Waals surface area contributed by atoms with E-state index in [0.717, 1.165) is 10.8 Å². The molecule has 0 fully saturated rings. The lowest BCUT2D eigenvalue weighted by molar-refractivity contribution is -0.143. The number of rotatable bonds is 4. The summed E-state index contributed by atoms with van der Waals surface area (Å²) in [5, 5.41) is 4.77. The average Bonchev–Trinajstić information content (AvgIpc) is 3.13. The molecule has 0 radical (unpaired) electrons. The van der Waals surface area contributed by atoms with Gasteiger partial charge in [-0.3, -0.25) is 4.79 Å². The number of ether oxygens (including phenoxy) is 1. The van der Waals surface area contributed by atoms with Crippen LogP contribution < -0.4 is 5.32 Å². The summed E-state index contributed by atoms with van der Waals surface area (Å²) in [6.07, 6.45) is 1.65. The Bertz CT molecular complexity index is 840. The average molecular weight is 308 g/mol. The van der Waals surface area contributed by atoms with Crippen LogP contribution in [-0.2, 0) is 9.53 Å². The molecular formula is C18H16N2O3. The van der Waals surface area contributed by atoms with E-state index in [1.54, 1.807) is 18.3 Å². The van der Waals surface area contributed by atoms with E-state index in [9.17, 15) is 9.59 Å². The number of aromatic nitrogens is 1. The number of nitrogens with one attached hydrogen (secondary N) is 2. The number of carbonyl (C=O) groups excluding carboxylic acids is 2. The minimum atomic E-state index is -0.861. The fourth-order valence-corrected chi connectivity index (χ4v) is 2.46. The summed E-state index contributed by atoms with van der Waals surface area (Å²) >= 11 is 0. The summed E-state index contributed by atoms with van der Waals surface area (Å²) in [7, 11) is 1.30. The van der Waals surface area contributed by atoms with E-state index in [1.807, 2.05) is 42.5 Å². The number of fused-ring (bicyclic) bond motifs is 1. The molecule has 0 aliphatic heterocycles. The van der Waals surface area contributed by atoms with Gasteiger partial charge in [0.05, 0.1) is 7.11 Å². The van der Waals surface area contributed by atoms with Crippen molar-refractivity contribution in [3.05, 3.63) is 72.1 Å². The summed E-state index contributed by atoms with van der Waals surface area (Å²) < 4.78 is 4.83. The third-order valence-corrected chi connectivity index (χ3v) is 3.66. The molecule has 3 rings (SSSR count). The van der Waals surface area contributed by atoms with Crippen molar-refractivity contribution >= 4 is 22.6 Å². The van der Waals surface area contributed by atoms with Crippen molar-refractivity contribution in [3.8, 4) is 0 Å². The third-order valence-electron chi connectivity index (χ3n) is 3.66. The summed E-state index contributed by atoms with van der Waals surface area (Å²) in [4.78, 5) is 27.1. The van der Waals surface area contributed by atoms with Crippen LogP contribution in [0.2, 0.25) is 0 Å². The number of amides is 1. The lowest BCUT2D eigenvalue weighted by atomic mass is 10.0. The molecule has 5 nitrogen and oxygen atoms in total. The molecule has 1 heterocycles. The Morgan fingerprint density at radius 1 is 1.04 bits per heavy atom. The normalized spacial score (nSPS) is 11.9. The lowest BCUT2D eigenvalue weighted by Gasteiger charge is -2.17. The van der Waals surface area contributed by atoms with Crippen LogP contribution in [0.3, 0.4) is 0 Å². The van der Waals surface area contributed by atoms with Gasteiger partial charge < -0.3 is 15.0 Å². The minimum Gasteiger partial charge on any atom is -0.467 e.